The summed E-state index contributed by atoms with van der Waals surface area (Å²) in [7, 11) is -1.18. The quantitative estimate of drug-likeness (QED) is 0.898. The van der Waals surface area contributed by atoms with Gasteiger partial charge in [0.05, 0.1) is 10.8 Å². The Bertz CT molecular complexity index is 404. The minimum absolute atomic E-state index is 0.0263. The van der Waals surface area contributed by atoms with Crippen molar-refractivity contribution in [3.05, 3.63) is 30.1 Å². The van der Waals surface area contributed by atoms with Gasteiger partial charge in [0.1, 0.15) is 5.82 Å². The van der Waals surface area contributed by atoms with Gasteiger partial charge in [-0.15, -0.1) is 0 Å². The molecule has 0 bridgehead atoms. The molecule has 17 heavy (non-hydrogen) atoms. The summed E-state index contributed by atoms with van der Waals surface area (Å²) in [6.45, 7) is 0. The van der Waals surface area contributed by atoms with Gasteiger partial charge < -0.3 is 5.73 Å². The Kier molecular flexibility index (Phi) is 4.29. The van der Waals surface area contributed by atoms with Crippen LogP contribution in [0.3, 0.4) is 0 Å². The standard InChI is InChI=1S/C13H18FNOS/c14-11-6-3-7-12(8-11)17(16)9-13(15)10-4-1-2-5-10/h3,6-8,10,13H,1-2,4-5,9,15H2. The van der Waals surface area contributed by atoms with Gasteiger partial charge in [0.15, 0.2) is 0 Å². The van der Waals surface area contributed by atoms with E-state index in [1.807, 2.05) is 0 Å². The third-order valence-corrected chi connectivity index (χ3v) is 4.88. The molecule has 1 fully saturated rings. The Morgan fingerprint density at radius 2 is 2.12 bits per heavy atom. The average Bonchev–Trinajstić information content (AvgIpc) is 2.82. The zero-order chi connectivity index (χ0) is 12.3. The summed E-state index contributed by atoms with van der Waals surface area (Å²) >= 11 is 0. The monoisotopic (exact) mass is 255 g/mol. The van der Waals surface area contributed by atoms with Crippen LogP contribution < -0.4 is 5.73 Å². The first-order valence-electron chi connectivity index (χ1n) is 6.06. The first-order chi connectivity index (χ1) is 8.16. The minimum atomic E-state index is -1.18. The lowest BCUT2D eigenvalue weighted by Crippen LogP contribution is -2.34. The molecule has 2 N–H and O–H groups in total. The largest absolute Gasteiger partial charge is 0.327 e. The van der Waals surface area contributed by atoms with Crippen LogP contribution in [0, 0.1) is 11.7 Å². The molecule has 0 saturated heterocycles. The van der Waals surface area contributed by atoms with Gasteiger partial charge in [-0.25, -0.2) is 4.39 Å². The molecule has 4 heteroatoms. The van der Waals surface area contributed by atoms with Gasteiger partial charge >= 0.3 is 0 Å². The molecule has 2 nitrogen and oxygen atoms in total. The lowest BCUT2D eigenvalue weighted by Gasteiger charge is -2.18. The highest BCUT2D eigenvalue weighted by atomic mass is 32.2. The van der Waals surface area contributed by atoms with Crippen LogP contribution in [-0.4, -0.2) is 16.0 Å². The SMILES string of the molecule is NC(CS(=O)c1cccc(F)c1)C1CCCC1. The highest BCUT2D eigenvalue weighted by Crippen LogP contribution is 2.27. The zero-order valence-corrected chi connectivity index (χ0v) is 10.6. The normalized spacial score (nSPS) is 20.4. The maximum absolute atomic E-state index is 13.0. The van der Waals surface area contributed by atoms with Gasteiger partial charge in [0.25, 0.3) is 0 Å². The van der Waals surface area contributed by atoms with Crippen LogP contribution in [-0.2, 0) is 10.8 Å². The molecular formula is C13H18FNOS. The molecule has 2 rings (SSSR count). The van der Waals surface area contributed by atoms with E-state index in [9.17, 15) is 8.60 Å². The lowest BCUT2D eigenvalue weighted by molar-refractivity contribution is 0.460. The molecule has 0 aliphatic heterocycles. The first kappa shape index (κ1) is 12.7. The van der Waals surface area contributed by atoms with E-state index in [4.69, 9.17) is 5.73 Å². The fourth-order valence-corrected chi connectivity index (χ4v) is 3.69. The number of nitrogens with two attached hydrogens (primary N) is 1. The van der Waals surface area contributed by atoms with E-state index in [0.29, 0.717) is 16.6 Å². The molecule has 0 radical (unpaired) electrons. The second-order valence-electron chi connectivity index (χ2n) is 4.68. The fourth-order valence-electron chi connectivity index (χ4n) is 2.40. The third-order valence-electron chi connectivity index (χ3n) is 3.41. The summed E-state index contributed by atoms with van der Waals surface area (Å²) < 4.78 is 25.0. The molecule has 0 spiro atoms. The number of rotatable bonds is 4. The topological polar surface area (TPSA) is 43.1 Å². The number of benzene rings is 1. The van der Waals surface area contributed by atoms with Gasteiger partial charge in [-0.05, 0) is 37.0 Å². The van der Waals surface area contributed by atoms with Crippen molar-refractivity contribution in [1.29, 1.82) is 0 Å². The Balaban J connectivity index is 1.96. The fraction of sp³-hybridized carbons (Fsp3) is 0.538. The van der Waals surface area contributed by atoms with E-state index < -0.39 is 10.8 Å². The van der Waals surface area contributed by atoms with Crippen LogP contribution in [0.1, 0.15) is 25.7 Å². The Morgan fingerprint density at radius 3 is 2.76 bits per heavy atom. The smallest absolute Gasteiger partial charge is 0.124 e. The number of hydrogen-bond acceptors (Lipinski definition) is 2. The van der Waals surface area contributed by atoms with Crippen molar-refractivity contribution < 1.29 is 8.60 Å². The summed E-state index contributed by atoms with van der Waals surface area (Å²) in [5.74, 6) is 0.589. The second-order valence-corrected chi connectivity index (χ2v) is 6.17. The van der Waals surface area contributed by atoms with Crippen LogP contribution in [0.5, 0.6) is 0 Å². The van der Waals surface area contributed by atoms with Crippen LogP contribution in [0.25, 0.3) is 0 Å². The Hall–Kier alpha value is -0.740. The van der Waals surface area contributed by atoms with Crippen molar-refractivity contribution in [2.75, 3.05) is 5.75 Å². The van der Waals surface area contributed by atoms with Crippen molar-refractivity contribution in [2.24, 2.45) is 11.7 Å². The van der Waals surface area contributed by atoms with Crippen molar-refractivity contribution in [2.45, 2.75) is 36.6 Å². The van der Waals surface area contributed by atoms with E-state index in [0.717, 1.165) is 12.8 Å². The van der Waals surface area contributed by atoms with E-state index in [2.05, 4.69) is 0 Å². The van der Waals surface area contributed by atoms with Crippen LogP contribution in [0.2, 0.25) is 0 Å². The molecule has 2 unspecified atom stereocenters. The molecule has 0 aromatic heterocycles. The van der Waals surface area contributed by atoms with Crippen LogP contribution in [0.4, 0.5) is 4.39 Å². The Labute approximate surface area is 104 Å². The van der Waals surface area contributed by atoms with Crippen molar-refractivity contribution in [1.82, 2.24) is 0 Å². The molecule has 1 aliphatic carbocycles. The highest BCUT2D eigenvalue weighted by molar-refractivity contribution is 7.85. The van der Waals surface area contributed by atoms with Gasteiger partial charge in [-0.3, -0.25) is 4.21 Å². The van der Waals surface area contributed by atoms with Crippen LogP contribution >= 0.6 is 0 Å². The summed E-state index contributed by atoms with van der Waals surface area (Å²) in [5, 5.41) is 0. The number of halogens is 1. The molecule has 1 aromatic carbocycles. The molecule has 0 heterocycles. The summed E-state index contributed by atoms with van der Waals surface area (Å²) in [6.07, 6.45) is 4.74. The summed E-state index contributed by atoms with van der Waals surface area (Å²) in [5.41, 5.74) is 6.07. The molecule has 94 valence electrons. The third kappa shape index (κ3) is 3.36. The molecule has 1 aromatic rings. The maximum atomic E-state index is 13.0. The van der Waals surface area contributed by atoms with Crippen molar-refractivity contribution in [3.63, 3.8) is 0 Å². The Morgan fingerprint density at radius 1 is 1.41 bits per heavy atom. The van der Waals surface area contributed by atoms with Gasteiger partial charge in [0, 0.05) is 16.7 Å². The highest BCUT2D eigenvalue weighted by Gasteiger charge is 2.23. The zero-order valence-electron chi connectivity index (χ0n) is 9.77. The van der Waals surface area contributed by atoms with E-state index in [-0.39, 0.29) is 11.9 Å². The molecular weight excluding hydrogens is 237 g/mol. The van der Waals surface area contributed by atoms with Crippen molar-refractivity contribution >= 4 is 10.8 Å². The van der Waals surface area contributed by atoms with E-state index >= 15 is 0 Å². The van der Waals surface area contributed by atoms with E-state index in [1.54, 1.807) is 12.1 Å². The van der Waals surface area contributed by atoms with Crippen molar-refractivity contribution in [3.8, 4) is 0 Å². The van der Waals surface area contributed by atoms with Gasteiger partial charge in [-0.1, -0.05) is 18.9 Å². The van der Waals surface area contributed by atoms with Gasteiger partial charge in [0.2, 0.25) is 0 Å². The number of hydrogen-bond donors (Lipinski definition) is 1. The molecule has 2 atom stereocenters. The average molecular weight is 255 g/mol. The molecule has 1 saturated carbocycles. The molecule has 1 aliphatic rings. The molecule has 0 amide bonds. The van der Waals surface area contributed by atoms with E-state index in [1.165, 1.54) is 25.0 Å². The maximum Gasteiger partial charge on any atom is 0.124 e. The predicted octanol–water partition coefficient (Wildman–Crippen LogP) is 2.45. The predicted molar refractivity (Wildman–Crippen MR) is 67.6 cm³/mol. The van der Waals surface area contributed by atoms with Gasteiger partial charge in [-0.2, -0.15) is 0 Å². The lowest BCUT2D eigenvalue weighted by atomic mass is 10.0. The van der Waals surface area contributed by atoms with Crippen LogP contribution in [0.15, 0.2) is 29.2 Å². The second kappa shape index (κ2) is 5.74. The summed E-state index contributed by atoms with van der Waals surface area (Å²) in [4.78, 5) is 0.540. The first-order valence-corrected chi connectivity index (χ1v) is 7.38. The summed E-state index contributed by atoms with van der Waals surface area (Å²) in [6, 6.07) is 5.95. The minimum Gasteiger partial charge on any atom is -0.327 e.